The van der Waals surface area contributed by atoms with Crippen molar-refractivity contribution in [3.63, 3.8) is 0 Å². The Morgan fingerprint density at radius 3 is 2.33 bits per heavy atom. The molecule has 0 heterocycles. The Morgan fingerprint density at radius 1 is 1.17 bits per heavy atom. The van der Waals surface area contributed by atoms with Crippen molar-refractivity contribution in [3.05, 3.63) is 63.7 Å². The topological polar surface area (TPSA) is 98.5 Å². The zero-order valence-corrected chi connectivity index (χ0v) is 13.1. The van der Waals surface area contributed by atoms with Crippen LogP contribution in [0.5, 0.6) is 5.75 Å². The summed E-state index contributed by atoms with van der Waals surface area (Å²) in [5.41, 5.74) is -0.572. The highest BCUT2D eigenvalue weighted by atomic mass is 32.2. The van der Waals surface area contributed by atoms with E-state index < -0.39 is 37.2 Å². The van der Waals surface area contributed by atoms with Gasteiger partial charge >= 0.3 is 5.69 Å². The van der Waals surface area contributed by atoms with Crippen molar-refractivity contribution in [1.29, 1.82) is 0 Å². The first-order valence-corrected chi connectivity index (χ1v) is 7.99. The maximum absolute atomic E-state index is 13.7. The quantitative estimate of drug-likeness (QED) is 0.631. The van der Waals surface area contributed by atoms with Gasteiger partial charge < -0.3 is 4.74 Å². The second-order valence-corrected chi connectivity index (χ2v) is 6.40. The summed E-state index contributed by atoms with van der Waals surface area (Å²) in [5, 5.41) is 10.7. The molecular formula is C14H12F2N2O5S. The Kier molecular flexibility index (Phi) is 5.10. The van der Waals surface area contributed by atoms with Gasteiger partial charge in [-0.25, -0.2) is 17.5 Å². The van der Waals surface area contributed by atoms with E-state index in [1.165, 1.54) is 7.11 Å². The lowest BCUT2D eigenvalue weighted by Gasteiger charge is -2.08. The van der Waals surface area contributed by atoms with Crippen LogP contribution in [0, 0.1) is 21.7 Å². The summed E-state index contributed by atoms with van der Waals surface area (Å²) in [5.74, 6) is -2.30. The number of nitrogens with zero attached hydrogens (tertiary/aromatic N) is 1. The molecule has 0 spiro atoms. The molecule has 0 aliphatic carbocycles. The number of halogens is 2. The second kappa shape index (κ2) is 6.89. The zero-order chi connectivity index (χ0) is 17.9. The first-order chi connectivity index (χ1) is 11.2. The second-order valence-electron chi connectivity index (χ2n) is 4.66. The van der Waals surface area contributed by atoms with Crippen LogP contribution in [0.1, 0.15) is 5.56 Å². The number of rotatable bonds is 6. The fourth-order valence-electron chi connectivity index (χ4n) is 1.86. The average molecular weight is 358 g/mol. The van der Waals surface area contributed by atoms with E-state index in [1.54, 1.807) is 24.3 Å². The van der Waals surface area contributed by atoms with Crippen LogP contribution in [0.2, 0.25) is 0 Å². The minimum Gasteiger partial charge on any atom is -0.497 e. The molecule has 0 bridgehead atoms. The van der Waals surface area contributed by atoms with Gasteiger partial charge in [0.1, 0.15) is 16.5 Å². The lowest BCUT2D eigenvalue weighted by atomic mass is 10.2. The predicted octanol–water partition coefficient (Wildman–Crippen LogP) is 2.36. The zero-order valence-electron chi connectivity index (χ0n) is 12.3. The van der Waals surface area contributed by atoms with Gasteiger partial charge in [-0.05, 0) is 17.7 Å². The summed E-state index contributed by atoms with van der Waals surface area (Å²) in [6.45, 7) is -0.184. The molecule has 0 fully saturated rings. The van der Waals surface area contributed by atoms with Crippen LogP contribution in [0.15, 0.2) is 41.3 Å². The van der Waals surface area contributed by atoms with Crippen molar-refractivity contribution < 1.29 is 26.9 Å². The first-order valence-electron chi connectivity index (χ1n) is 6.50. The number of methoxy groups -OCH3 is 1. The molecule has 0 atom stereocenters. The summed E-state index contributed by atoms with van der Waals surface area (Å²) in [7, 11) is -2.93. The molecule has 0 aromatic heterocycles. The molecule has 2 aromatic carbocycles. The van der Waals surface area contributed by atoms with Crippen LogP contribution >= 0.6 is 0 Å². The molecule has 0 saturated carbocycles. The summed E-state index contributed by atoms with van der Waals surface area (Å²) in [4.78, 5) is 8.54. The van der Waals surface area contributed by atoms with Crippen LogP contribution in [0.3, 0.4) is 0 Å². The summed E-state index contributed by atoms with van der Waals surface area (Å²) >= 11 is 0. The molecule has 0 aliphatic rings. The number of hydrogen-bond donors (Lipinski definition) is 1. The number of ether oxygens (including phenoxy) is 1. The van der Waals surface area contributed by atoms with Crippen molar-refractivity contribution in [2.24, 2.45) is 0 Å². The molecule has 0 unspecified atom stereocenters. The molecule has 128 valence electrons. The molecule has 0 saturated heterocycles. The van der Waals surface area contributed by atoms with E-state index >= 15 is 0 Å². The number of nitro benzene ring substituents is 1. The number of benzene rings is 2. The molecule has 7 nitrogen and oxygen atoms in total. The molecular weight excluding hydrogens is 346 g/mol. The summed E-state index contributed by atoms with van der Waals surface area (Å²) < 4.78 is 58.3. The van der Waals surface area contributed by atoms with Crippen molar-refractivity contribution in [2.75, 3.05) is 7.11 Å². The molecule has 24 heavy (non-hydrogen) atoms. The highest BCUT2D eigenvalue weighted by Crippen LogP contribution is 2.25. The normalized spacial score (nSPS) is 11.3. The number of nitro groups is 1. The monoisotopic (exact) mass is 358 g/mol. The van der Waals surface area contributed by atoms with Crippen molar-refractivity contribution in [2.45, 2.75) is 11.4 Å². The lowest BCUT2D eigenvalue weighted by Crippen LogP contribution is -2.24. The van der Waals surface area contributed by atoms with Gasteiger partial charge in [-0.3, -0.25) is 10.1 Å². The van der Waals surface area contributed by atoms with Crippen molar-refractivity contribution in [3.8, 4) is 5.75 Å². The Morgan fingerprint density at radius 2 is 1.79 bits per heavy atom. The maximum atomic E-state index is 13.7. The van der Waals surface area contributed by atoms with Crippen molar-refractivity contribution in [1.82, 2.24) is 4.72 Å². The summed E-state index contributed by atoms with van der Waals surface area (Å²) in [6, 6.07) is 6.90. The number of hydrogen-bond acceptors (Lipinski definition) is 5. The fraction of sp³-hybridized carbons (Fsp3) is 0.143. The van der Waals surface area contributed by atoms with Crippen LogP contribution in [0.25, 0.3) is 0 Å². The van der Waals surface area contributed by atoms with Gasteiger partial charge in [-0.2, -0.15) is 4.39 Å². The number of nitrogens with one attached hydrogen (secondary N) is 1. The highest BCUT2D eigenvalue weighted by molar-refractivity contribution is 7.89. The molecule has 1 N–H and O–H groups in total. The maximum Gasteiger partial charge on any atom is 0.306 e. The largest absolute Gasteiger partial charge is 0.497 e. The van der Waals surface area contributed by atoms with E-state index in [2.05, 4.69) is 4.72 Å². The fourth-order valence-corrected chi connectivity index (χ4v) is 2.96. The SMILES string of the molecule is COc1ccc(CNS(=O)(=O)c2cc([N+](=O)[O-])c(F)cc2F)cc1. The van der Waals surface area contributed by atoms with Crippen LogP contribution in [-0.2, 0) is 16.6 Å². The van der Waals surface area contributed by atoms with Gasteiger partial charge in [0, 0.05) is 18.7 Å². The van der Waals surface area contributed by atoms with E-state index in [4.69, 9.17) is 4.74 Å². The van der Waals surface area contributed by atoms with Gasteiger partial charge in [0.2, 0.25) is 15.8 Å². The number of sulfonamides is 1. The molecule has 2 aromatic rings. The Labute approximate surface area is 136 Å². The Balaban J connectivity index is 2.26. The smallest absolute Gasteiger partial charge is 0.306 e. The molecule has 10 heteroatoms. The van der Waals surface area contributed by atoms with E-state index in [0.29, 0.717) is 17.4 Å². The lowest BCUT2D eigenvalue weighted by molar-refractivity contribution is -0.387. The molecule has 2 rings (SSSR count). The third-order valence-corrected chi connectivity index (χ3v) is 4.53. The molecule has 0 radical (unpaired) electrons. The standard InChI is InChI=1S/C14H12F2N2O5S/c1-23-10-4-2-9(3-5-10)8-17-24(21,22)14-7-13(18(19)20)11(15)6-12(14)16/h2-7,17H,8H2,1H3. The van der Waals surface area contributed by atoms with Gasteiger partial charge in [0.05, 0.1) is 12.0 Å². The van der Waals surface area contributed by atoms with Crippen LogP contribution in [0.4, 0.5) is 14.5 Å². The summed E-state index contributed by atoms with van der Waals surface area (Å²) in [6.07, 6.45) is 0. The molecule has 0 amide bonds. The third kappa shape index (κ3) is 3.84. The Bertz CT molecular complexity index is 869. The van der Waals surface area contributed by atoms with Gasteiger partial charge in [0.15, 0.2) is 0 Å². The average Bonchev–Trinajstić information content (AvgIpc) is 2.53. The van der Waals surface area contributed by atoms with Crippen LogP contribution < -0.4 is 9.46 Å². The van der Waals surface area contributed by atoms with E-state index in [-0.39, 0.29) is 12.6 Å². The Hall–Kier alpha value is -2.59. The van der Waals surface area contributed by atoms with Crippen LogP contribution in [-0.4, -0.2) is 20.5 Å². The highest BCUT2D eigenvalue weighted by Gasteiger charge is 2.26. The third-order valence-electron chi connectivity index (χ3n) is 3.11. The van der Waals surface area contributed by atoms with Crippen molar-refractivity contribution >= 4 is 15.7 Å². The molecule has 0 aliphatic heterocycles. The minimum absolute atomic E-state index is 0.167. The minimum atomic E-state index is -4.40. The van der Waals surface area contributed by atoms with Gasteiger partial charge in [-0.15, -0.1) is 0 Å². The van der Waals surface area contributed by atoms with Gasteiger partial charge in [-0.1, -0.05) is 12.1 Å². The predicted molar refractivity (Wildman–Crippen MR) is 80.0 cm³/mol. The van der Waals surface area contributed by atoms with E-state index in [0.717, 1.165) is 0 Å². The van der Waals surface area contributed by atoms with Gasteiger partial charge in [0.25, 0.3) is 0 Å². The van der Waals surface area contributed by atoms with E-state index in [1.807, 2.05) is 0 Å². The first kappa shape index (κ1) is 17.8. The van der Waals surface area contributed by atoms with E-state index in [9.17, 15) is 27.3 Å².